The molecule has 70 valence electrons. The molecule has 0 aromatic heterocycles. The van der Waals surface area contributed by atoms with Gasteiger partial charge in [0.25, 0.3) is 0 Å². The molecule has 0 saturated carbocycles. The molecule has 1 saturated heterocycles. The lowest BCUT2D eigenvalue weighted by Gasteiger charge is -2.03. The highest BCUT2D eigenvalue weighted by Gasteiger charge is 2.22. The second-order valence-electron chi connectivity index (χ2n) is 3.42. The van der Waals surface area contributed by atoms with Gasteiger partial charge in [-0.2, -0.15) is 0 Å². The number of rotatable bonds is 5. The summed E-state index contributed by atoms with van der Waals surface area (Å²) in [6.45, 7) is 3.01. The average Bonchev–Trinajstić information content (AvgIpc) is 2.46. The first-order valence-electron chi connectivity index (χ1n) is 4.87. The lowest BCUT2D eigenvalue weighted by molar-refractivity contribution is -0.122. The topological polar surface area (TPSA) is 41.1 Å². The Bertz CT molecular complexity index is 147. The molecule has 0 radical (unpaired) electrons. The molecular weight excluding hydrogens is 152 g/mol. The Balaban J connectivity index is 2.02. The van der Waals surface area contributed by atoms with E-state index in [1.165, 1.54) is 25.7 Å². The summed E-state index contributed by atoms with van der Waals surface area (Å²) >= 11 is 0. The van der Waals surface area contributed by atoms with Crippen LogP contribution in [0.2, 0.25) is 0 Å². The van der Waals surface area contributed by atoms with E-state index in [0.717, 1.165) is 13.0 Å². The summed E-state index contributed by atoms with van der Waals surface area (Å²) < 4.78 is 0. The van der Waals surface area contributed by atoms with Crippen LogP contribution in [0.1, 0.15) is 39.0 Å². The zero-order chi connectivity index (χ0) is 8.81. The zero-order valence-electron chi connectivity index (χ0n) is 7.73. The Kier molecular flexibility index (Phi) is 4.08. The maximum absolute atomic E-state index is 11.1. The van der Waals surface area contributed by atoms with Crippen molar-refractivity contribution < 1.29 is 4.79 Å². The number of nitrogens with one attached hydrogen (secondary N) is 2. The van der Waals surface area contributed by atoms with Gasteiger partial charge in [0, 0.05) is 6.54 Å². The molecule has 1 amide bonds. The van der Waals surface area contributed by atoms with Crippen molar-refractivity contribution in [2.75, 3.05) is 6.54 Å². The van der Waals surface area contributed by atoms with Gasteiger partial charge in [0.15, 0.2) is 0 Å². The van der Waals surface area contributed by atoms with Gasteiger partial charge in [-0.1, -0.05) is 32.6 Å². The summed E-state index contributed by atoms with van der Waals surface area (Å²) in [7, 11) is 0. The molecule has 1 atom stereocenters. The van der Waals surface area contributed by atoms with Crippen LogP contribution in [0.4, 0.5) is 0 Å². The van der Waals surface area contributed by atoms with Crippen LogP contribution in [-0.2, 0) is 4.79 Å². The fourth-order valence-corrected chi connectivity index (χ4v) is 1.51. The zero-order valence-corrected chi connectivity index (χ0v) is 7.73. The predicted molar refractivity (Wildman–Crippen MR) is 48.4 cm³/mol. The van der Waals surface area contributed by atoms with Crippen molar-refractivity contribution in [3.63, 3.8) is 0 Å². The van der Waals surface area contributed by atoms with Gasteiger partial charge < -0.3 is 0 Å². The molecule has 1 aliphatic heterocycles. The fourth-order valence-electron chi connectivity index (χ4n) is 1.51. The van der Waals surface area contributed by atoms with Gasteiger partial charge in [0.2, 0.25) is 5.91 Å². The first kappa shape index (κ1) is 9.52. The Hall–Kier alpha value is -0.570. The van der Waals surface area contributed by atoms with Crippen LogP contribution in [0.15, 0.2) is 0 Å². The normalized spacial score (nSPS) is 22.8. The molecule has 0 unspecified atom stereocenters. The van der Waals surface area contributed by atoms with Gasteiger partial charge in [0.1, 0.15) is 0 Å². The van der Waals surface area contributed by atoms with Crippen molar-refractivity contribution >= 4 is 5.91 Å². The van der Waals surface area contributed by atoms with Crippen molar-refractivity contribution in [2.45, 2.75) is 39.0 Å². The number of hydrogen-bond acceptors (Lipinski definition) is 2. The molecule has 0 aromatic rings. The maximum Gasteiger partial charge on any atom is 0.238 e. The third kappa shape index (κ3) is 2.81. The first-order chi connectivity index (χ1) is 5.84. The monoisotopic (exact) mass is 170 g/mol. The van der Waals surface area contributed by atoms with Gasteiger partial charge in [-0.3, -0.25) is 10.2 Å². The third-order valence-corrected chi connectivity index (χ3v) is 2.34. The second kappa shape index (κ2) is 5.14. The fraction of sp³-hybridized carbons (Fsp3) is 0.889. The van der Waals surface area contributed by atoms with Crippen molar-refractivity contribution in [2.24, 2.45) is 5.92 Å². The summed E-state index contributed by atoms with van der Waals surface area (Å²) in [6.07, 6.45) is 6.05. The van der Waals surface area contributed by atoms with Gasteiger partial charge in [-0.15, -0.1) is 0 Å². The summed E-state index contributed by atoms with van der Waals surface area (Å²) in [4.78, 5) is 11.1. The molecule has 1 fully saturated rings. The summed E-state index contributed by atoms with van der Waals surface area (Å²) in [6, 6.07) is 0. The van der Waals surface area contributed by atoms with Gasteiger partial charge in [-0.05, 0) is 6.42 Å². The molecule has 0 aromatic carbocycles. The van der Waals surface area contributed by atoms with Gasteiger partial charge in [0.05, 0.1) is 5.92 Å². The smallest absolute Gasteiger partial charge is 0.238 e. The maximum atomic E-state index is 11.1. The molecule has 0 aliphatic carbocycles. The number of amides is 1. The molecule has 0 bridgehead atoms. The minimum Gasteiger partial charge on any atom is -0.291 e. The molecular formula is C9H18N2O. The van der Waals surface area contributed by atoms with E-state index < -0.39 is 0 Å². The predicted octanol–water partition coefficient (Wildman–Crippen LogP) is 1.21. The van der Waals surface area contributed by atoms with E-state index in [1.807, 2.05) is 0 Å². The highest BCUT2D eigenvalue weighted by molar-refractivity contribution is 5.80. The van der Waals surface area contributed by atoms with Gasteiger partial charge >= 0.3 is 0 Å². The Morgan fingerprint density at radius 1 is 1.42 bits per heavy atom. The summed E-state index contributed by atoms with van der Waals surface area (Å²) in [5, 5.41) is 0. The van der Waals surface area contributed by atoms with Crippen LogP contribution in [-0.4, -0.2) is 12.5 Å². The van der Waals surface area contributed by atoms with Gasteiger partial charge in [-0.25, -0.2) is 5.43 Å². The highest BCUT2D eigenvalue weighted by atomic mass is 16.2. The minimum absolute atomic E-state index is 0.173. The average molecular weight is 170 g/mol. The van der Waals surface area contributed by atoms with Crippen molar-refractivity contribution in [1.82, 2.24) is 10.9 Å². The van der Waals surface area contributed by atoms with E-state index in [2.05, 4.69) is 17.8 Å². The van der Waals surface area contributed by atoms with E-state index in [1.54, 1.807) is 0 Å². The van der Waals surface area contributed by atoms with Crippen LogP contribution in [0.25, 0.3) is 0 Å². The Morgan fingerprint density at radius 2 is 2.25 bits per heavy atom. The molecule has 3 heteroatoms. The van der Waals surface area contributed by atoms with Crippen LogP contribution in [0, 0.1) is 5.92 Å². The molecule has 1 heterocycles. The van der Waals surface area contributed by atoms with E-state index >= 15 is 0 Å². The van der Waals surface area contributed by atoms with E-state index in [0.29, 0.717) is 0 Å². The van der Waals surface area contributed by atoms with Crippen LogP contribution in [0.3, 0.4) is 0 Å². The van der Waals surface area contributed by atoms with Crippen molar-refractivity contribution in [3.05, 3.63) is 0 Å². The van der Waals surface area contributed by atoms with Crippen LogP contribution < -0.4 is 10.9 Å². The van der Waals surface area contributed by atoms with Crippen LogP contribution in [0.5, 0.6) is 0 Å². The molecule has 3 nitrogen and oxygen atoms in total. The quantitative estimate of drug-likeness (QED) is 0.609. The second-order valence-corrected chi connectivity index (χ2v) is 3.42. The summed E-state index contributed by atoms with van der Waals surface area (Å²) in [5.41, 5.74) is 5.49. The molecule has 0 spiro atoms. The number of hydrogen-bond donors (Lipinski definition) is 2. The largest absolute Gasteiger partial charge is 0.291 e. The van der Waals surface area contributed by atoms with Crippen LogP contribution >= 0.6 is 0 Å². The number of carbonyl (C=O) groups excluding carboxylic acids is 1. The Morgan fingerprint density at radius 3 is 2.83 bits per heavy atom. The lowest BCUT2D eigenvalue weighted by atomic mass is 10.0. The van der Waals surface area contributed by atoms with E-state index in [9.17, 15) is 4.79 Å². The molecule has 1 aliphatic rings. The minimum atomic E-state index is 0.173. The number of carbonyl (C=O) groups is 1. The molecule has 1 rings (SSSR count). The number of unbranched alkanes of at least 4 members (excludes halogenated alkanes) is 3. The number of hydrazine groups is 1. The van der Waals surface area contributed by atoms with E-state index in [-0.39, 0.29) is 11.8 Å². The first-order valence-corrected chi connectivity index (χ1v) is 4.87. The molecule has 12 heavy (non-hydrogen) atoms. The van der Waals surface area contributed by atoms with Crippen molar-refractivity contribution in [1.29, 1.82) is 0 Å². The summed E-state index contributed by atoms with van der Waals surface area (Å²) in [5.74, 6) is 0.397. The lowest BCUT2D eigenvalue weighted by Crippen LogP contribution is -2.26. The van der Waals surface area contributed by atoms with Crippen molar-refractivity contribution in [3.8, 4) is 0 Å². The molecule has 2 N–H and O–H groups in total. The third-order valence-electron chi connectivity index (χ3n) is 2.34. The Labute approximate surface area is 73.9 Å². The SMILES string of the molecule is CCCCCC[C@H]1CNNC1=O. The van der Waals surface area contributed by atoms with E-state index in [4.69, 9.17) is 0 Å². The highest BCUT2D eigenvalue weighted by Crippen LogP contribution is 2.12. The standard InChI is InChI=1S/C9H18N2O/c1-2-3-4-5-6-8-7-10-11-9(8)12/h8,10H,2-7H2,1H3,(H,11,12)/t8-/m0/s1.